The van der Waals surface area contributed by atoms with Crippen molar-refractivity contribution in [3.05, 3.63) is 46.6 Å². The van der Waals surface area contributed by atoms with Gasteiger partial charge in [-0.2, -0.15) is 8.78 Å². The topological polar surface area (TPSA) is 0 Å². The summed E-state index contributed by atoms with van der Waals surface area (Å²) in [6.45, 7) is 0. The number of halogens is 2. The Kier molecular flexibility index (Phi) is 1.76. The van der Waals surface area contributed by atoms with Gasteiger partial charge in [0.2, 0.25) is 0 Å². The van der Waals surface area contributed by atoms with Gasteiger partial charge in [0.05, 0.1) is 0 Å². The van der Waals surface area contributed by atoms with Crippen LogP contribution in [0, 0.1) is 0 Å². The van der Waals surface area contributed by atoms with Crippen LogP contribution in [0.15, 0.2) is 46.6 Å². The van der Waals surface area contributed by atoms with Gasteiger partial charge < -0.3 is 0 Å². The molecule has 0 aromatic carbocycles. The van der Waals surface area contributed by atoms with Gasteiger partial charge >= 0.3 is 0 Å². The lowest BCUT2D eigenvalue weighted by molar-refractivity contribution is 0.0781. The van der Waals surface area contributed by atoms with Crippen LogP contribution in [0.3, 0.4) is 0 Å². The van der Waals surface area contributed by atoms with Gasteiger partial charge in [0.15, 0.2) is 0 Å². The van der Waals surface area contributed by atoms with Crippen LogP contribution in [-0.4, -0.2) is 5.92 Å². The molecule has 3 rings (SSSR count). The highest BCUT2D eigenvalue weighted by Crippen LogP contribution is 2.51. The molecule has 3 aliphatic carbocycles. The molecule has 3 aliphatic rings. The number of alkyl halides is 2. The average molecular weight is 206 g/mol. The van der Waals surface area contributed by atoms with Crippen LogP contribution in [0.25, 0.3) is 0 Å². The number of fused-ring (bicyclic) bond motifs is 1. The summed E-state index contributed by atoms with van der Waals surface area (Å²) in [5.41, 5.74) is 2.28. The van der Waals surface area contributed by atoms with Crippen LogP contribution in [0.5, 0.6) is 0 Å². The number of hydrogen-bond donors (Lipinski definition) is 0. The van der Waals surface area contributed by atoms with E-state index in [0.29, 0.717) is 24.0 Å². The van der Waals surface area contributed by atoms with E-state index >= 15 is 0 Å². The molecule has 0 radical (unpaired) electrons. The molecule has 0 N–H and O–H groups in total. The summed E-state index contributed by atoms with van der Waals surface area (Å²) in [6.07, 6.45) is 10.2. The summed E-state index contributed by atoms with van der Waals surface area (Å²) in [4.78, 5) is 0. The second kappa shape index (κ2) is 2.91. The van der Waals surface area contributed by atoms with Crippen molar-refractivity contribution in [2.24, 2.45) is 0 Å². The molecule has 0 spiro atoms. The lowest BCUT2D eigenvalue weighted by atomic mass is 9.95. The van der Waals surface area contributed by atoms with Crippen molar-refractivity contribution < 1.29 is 8.78 Å². The molecule has 0 fully saturated rings. The Bertz CT molecular complexity index is 393. The predicted octanol–water partition coefficient (Wildman–Crippen LogP) is 3.93. The lowest BCUT2D eigenvalue weighted by Gasteiger charge is -2.20. The van der Waals surface area contributed by atoms with Crippen LogP contribution < -0.4 is 0 Å². The van der Waals surface area contributed by atoms with Crippen molar-refractivity contribution in [3.8, 4) is 0 Å². The first-order valence-corrected chi connectivity index (χ1v) is 5.40. The van der Waals surface area contributed by atoms with E-state index in [1.807, 2.05) is 24.3 Å². The SMILES string of the molecule is FC1(F)C2=C(C=CCC2)C2=C1CCC=C2. The Morgan fingerprint density at radius 3 is 1.80 bits per heavy atom. The fourth-order valence-corrected chi connectivity index (χ4v) is 2.67. The number of hydrogen-bond acceptors (Lipinski definition) is 0. The predicted molar refractivity (Wildman–Crippen MR) is 55.7 cm³/mol. The Labute approximate surface area is 87.7 Å². The largest absolute Gasteiger partial charge is 0.292 e. The summed E-state index contributed by atoms with van der Waals surface area (Å²) < 4.78 is 28.1. The standard InChI is InChI=1S/C13H12F2/c14-13(15)11-7-3-1-5-9(11)10-6-2-4-8-12(10)13/h1-2,5-6H,3-4,7-8H2. The van der Waals surface area contributed by atoms with Crippen LogP contribution in [0.2, 0.25) is 0 Å². The van der Waals surface area contributed by atoms with Crippen molar-refractivity contribution >= 4 is 0 Å². The molecule has 2 heteroatoms. The molecule has 0 atom stereocenters. The second-order valence-corrected chi connectivity index (χ2v) is 4.24. The fraction of sp³-hybridized carbons (Fsp3) is 0.385. The van der Waals surface area contributed by atoms with Crippen molar-refractivity contribution in [1.82, 2.24) is 0 Å². The molecule has 0 saturated heterocycles. The number of allylic oxidation sites excluding steroid dienone is 8. The maximum atomic E-state index is 14.0. The molecule has 0 nitrogen and oxygen atoms in total. The second-order valence-electron chi connectivity index (χ2n) is 4.24. The molecule has 0 heterocycles. The van der Waals surface area contributed by atoms with Gasteiger partial charge in [-0.05, 0) is 36.8 Å². The van der Waals surface area contributed by atoms with Crippen molar-refractivity contribution in [2.45, 2.75) is 31.6 Å². The van der Waals surface area contributed by atoms with E-state index in [4.69, 9.17) is 0 Å². The van der Waals surface area contributed by atoms with Gasteiger partial charge in [-0.15, -0.1) is 0 Å². The molecular formula is C13H12F2. The molecule has 0 amide bonds. The average Bonchev–Trinajstić information content (AvgIpc) is 2.51. The molecule has 15 heavy (non-hydrogen) atoms. The van der Waals surface area contributed by atoms with Gasteiger partial charge in [0.25, 0.3) is 5.92 Å². The quantitative estimate of drug-likeness (QED) is 0.563. The van der Waals surface area contributed by atoms with E-state index < -0.39 is 5.92 Å². The van der Waals surface area contributed by atoms with Crippen molar-refractivity contribution in [2.75, 3.05) is 0 Å². The summed E-state index contributed by atoms with van der Waals surface area (Å²) >= 11 is 0. The van der Waals surface area contributed by atoms with E-state index in [9.17, 15) is 8.78 Å². The highest BCUT2D eigenvalue weighted by molar-refractivity contribution is 5.64. The summed E-state index contributed by atoms with van der Waals surface area (Å²) in [6, 6.07) is 0. The third-order valence-electron chi connectivity index (χ3n) is 3.39. The van der Waals surface area contributed by atoms with Crippen LogP contribution >= 0.6 is 0 Å². The van der Waals surface area contributed by atoms with Crippen molar-refractivity contribution in [1.29, 1.82) is 0 Å². The molecule has 0 aromatic heterocycles. The summed E-state index contributed by atoms with van der Waals surface area (Å²) in [7, 11) is 0. The smallest absolute Gasteiger partial charge is 0.197 e. The molecular weight excluding hydrogens is 194 g/mol. The zero-order valence-electron chi connectivity index (χ0n) is 8.39. The van der Waals surface area contributed by atoms with Gasteiger partial charge in [0.1, 0.15) is 0 Å². The fourth-order valence-electron chi connectivity index (χ4n) is 2.67. The Balaban J connectivity index is 2.19. The Morgan fingerprint density at radius 1 is 0.867 bits per heavy atom. The van der Waals surface area contributed by atoms with E-state index in [2.05, 4.69) is 0 Å². The monoisotopic (exact) mass is 206 g/mol. The van der Waals surface area contributed by atoms with Crippen LogP contribution in [0.4, 0.5) is 8.78 Å². The molecule has 0 saturated carbocycles. The highest BCUT2D eigenvalue weighted by atomic mass is 19.3. The van der Waals surface area contributed by atoms with Gasteiger partial charge in [-0.25, -0.2) is 0 Å². The minimum atomic E-state index is -2.67. The Morgan fingerprint density at radius 2 is 1.33 bits per heavy atom. The van der Waals surface area contributed by atoms with Gasteiger partial charge in [-0.3, -0.25) is 0 Å². The maximum absolute atomic E-state index is 14.0. The highest BCUT2D eigenvalue weighted by Gasteiger charge is 2.46. The van der Waals surface area contributed by atoms with E-state index in [-0.39, 0.29) is 0 Å². The molecule has 0 aromatic rings. The first kappa shape index (κ1) is 9.08. The zero-order valence-corrected chi connectivity index (χ0v) is 8.39. The first-order valence-electron chi connectivity index (χ1n) is 5.40. The summed E-state index contributed by atoms with van der Waals surface area (Å²) in [5, 5.41) is 0. The minimum absolute atomic E-state index is 0.349. The van der Waals surface area contributed by atoms with Crippen LogP contribution in [0.1, 0.15) is 25.7 Å². The Hall–Kier alpha value is -1.18. The zero-order chi connectivity index (χ0) is 10.5. The molecule has 0 aliphatic heterocycles. The lowest BCUT2D eigenvalue weighted by Crippen LogP contribution is -2.20. The van der Waals surface area contributed by atoms with Gasteiger partial charge in [0, 0.05) is 11.1 Å². The molecule has 0 unspecified atom stereocenters. The minimum Gasteiger partial charge on any atom is -0.197 e. The maximum Gasteiger partial charge on any atom is 0.292 e. The summed E-state index contributed by atoms with van der Waals surface area (Å²) in [5.74, 6) is -2.67. The van der Waals surface area contributed by atoms with E-state index in [0.717, 1.165) is 24.0 Å². The first-order chi connectivity index (χ1) is 7.21. The third kappa shape index (κ3) is 1.11. The number of rotatable bonds is 0. The van der Waals surface area contributed by atoms with Gasteiger partial charge in [-0.1, -0.05) is 24.3 Å². The molecule has 78 valence electrons. The molecule has 0 bridgehead atoms. The van der Waals surface area contributed by atoms with Crippen LogP contribution in [-0.2, 0) is 0 Å². The van der Waals surface area contributed by atoms with E-state index in [1.54, 1.807) is 0 Å². The normalized spacial score (nSPS) is 27.1. The van der Waals surface area contributed by atoms with E-state index in [1.165, 1.54) is 0 Å². The third-order valence-corrected chi connectivity index (χ3v) is 3.39. The van der Waals surface area contributed by atoms with Crippen molar-refractivity contribution in [3.63, 3.8) is 0 Å².